The average Bonchev–Trinajstić information content (AvgIpc) is 2.35. The van der Waals surface area contributed by atoms with Crippen molar-refractivity contribution < 1.29 is 19.4 Å². The molecule has 0 aromatic carbocycles. The lowest BCUT2D eigenvalue weighted by atomic mass is 9.88. The number of hydrogen-bond acceptors (Lipinski definition) is 4. The van der Waals surface area contributed by atoms with Crippen molar-refractivity contribution in [3.8, 4) is 0 Å². The molecule has 0 aromatic rings. The van der Waals surface area contributed by atoms with Crippen molar-refractivity contribution in [1.82, 2.24) is 4.90 Å². The zero-order valence-electron chi connectivity index (χ0n) is 13.4. The summed E-state index contributed by atoms with van der Waals surface area (Å²) in [5, 5.41) is 9.35. The molecule has 20 heavy (non-hydrogen) atoms. The van der Waals surface area contributed by atoms with E-state index in [9.17, 15) is 9.90 Å². The molecule has 118 valence electrons. The first-order valence-electron chi connectivity index (χ1n) is 7.47. The Kier molecular flexibility index (Phi) is 5.83. The van der Waals surface area contributed by atoms with Gasteiger partial charge in [-0.05, 0) is 47.0 Å². The van der Waals surface area contributed by atoms with Gasteiger partial charge >= 0.3 is 6.09 Å². The van der Waals surface area contributed by atoms with Crippen LogP contribution in [0.2, 0.25) is 0 Å². The van der Waals surface area contributed by atoms with Crippen LogP contribution in [0.3, 0.4) is 0 Å². The molecule has 5 nitrogen and oxygen atoms in total. The van der Waals surface area contributed by atoms with Crippen molar-refractivity contribution in [2.45, 2.75) is 71.2 Å². The van der Waals surface area contributed by atoms with Crippen molar-refractivity contribution in [2.75, 3.05) is 19.7 Å². The molecule has 1 atom stereocenters. The highest BCUT2D eigenvalue weighted by Gasteiger charge is 2.36. The van der Waals surface area contributed by atoms with Gasteiger partial charge in [-0.2, -0.15) is 0 Å². The summed E-state index contributed by atoms with van der Waals surface area (Å²) in [7, 11) is 0. The number of amides is 1. The molecule has 0 aliphatic carbocycles. The number of aliphatic hydroxyl groups excluding tert-OH is 1. The summed E-state index contributed by atoms with van der Waals surface area (Å²) >= 11 is 0. The minimum Gasteiger partial charge on any atom is -0.444 e. The summed E-state index contributed by atoms with van der Waals surface area (Å²) in [6.07, 6.45) is 1.76. The highest BCUT2D eigenvalue weighted by Crippen LogP contribution is 2.30. The van der Waals surface area contributed by atoms with E-state index in [1.807, 2.05) is 20.8 Å². The molecule has 0 bridgehead atoms. The highest BCUT2D eigenvalue weighted by atomic mass is 16.6. The molecule has 0 aromatic heterocycles. The number of carbonyl (C=O) groups is 1. The van der Waals surface area contributed by atoms with Crippen molar-refractivity contribution in [2.24, 2.45) is 0 Å². The van der Waals surface area contributed by atoms with Crippen LogP contribution >= 0.6 is 0 Å². The van der Waals surface area contributed by atoms with Gasteiger partial charge in [-0.15, -0.1) is 0 Å². The van der Waals surface area contributed by atoms with E-state index in [-0.39, 0.29) is 11.7 Å². The summed E-state index contributed by atoms with van der Waals surface area (Å²) < 4.78 is 11.3. The van der Waals surface area contributed by atoms with Gasteiger partial charge in [-0.3, -0.25) is 0 Å². The molecule has 1 saturated heterocycles. The van der Waals surface area contributed by atoms with Gasteiger partial charge in [-0.25, -0.2) is 4.79 Å². The fourth-order valence-corrected chi connectivity index (χ4v) is 2.32. The van der Waals surface area contributed by atoms with Gasteiger partial charge in [0.15, 0.2) is 0 Å². The monoisotopic (exact) mass is 287 g/mol. The molecule has 0 radical (unpaired) electrons. The summed E-state index contributed by atoms with van der Waals surface area (Å²) in [4.78, 5) is 13.7. The maximum Gasteiger partial charge on any atom is 0.410 e. The van der Waals surface area contributed by atoms with Crippen molar-refractivity contribution in [1.29, 1.82) is 0 Å². The Labute approximate surface area is 122 Å². The normalized spacial score (nSPS) is 20.6. The van der Waals surface area contributed by atoms with Gasteiger partial charge < -0.3 is 19.5 Å². The lowest BCUT2D eigenvalue weighted by Gasteiger charge is -2.41. The number of likely N-dealkylation sites (tertiary alicyclic amines) is 1. The van der Waals surface area contributed by atoms with E-state index in [0.29, 0.717) is 19.7 Å². The summed E-state index contributed by atoms with van der Waals surface area (Å²) in [5.74, 6) is 0. The molecule has 1 aliphatic heterocycles. The Morgan fingerprint density at radius 3 is 2.30 bits per heavy atom. The molecule has 1 unspecified atom stereocenters. The number of aliphatic hydroxyl groups is 1. The van der Waals surface area contributed by atoms with Crippen LogP contribution in [-0.4, -0.2) is 53.1 Å². The third-order valence-corrected chi connectivity index (χ3v) is 3.60. The van der Waals surface area contributed by atoms with Gasteiger partial charge in [0, 0.05) is 13.1 Å². The standard InChI is InChI=1S/C15H29NO4/c1-6-15(19-11-12(2)17)7-9-16(10-8-15)13(18)20-14(3,4)5/h12,17H,6-11H2,1-5H3. The van der Waals surface area contributed by atoms with Crippen LogP contribution < -0.4 is 0 Å². The summed E-state index contributed by atoms with van der Waals surface area (Å²) in [5.41, 5.74) is -0.672. The second kappa shape index (κ2) is 6.76. The molecule has 1 heterocycles. The van der Waals surface area contributed by atoms with Gasteiger partial charge in [0.1, 0.15) is 5.60 Å². The van der Waals surface area contributed by atoms with Crippen LogP contribution in [0.4, 0.5) is 4.79 Å². The van der Waals surface area contributed by atoms with Gasteiger partial charge in [-0.1, -0.05) is 6.92 Å². The van der Waals surface area contributed by atoms with Gasteiger partial charge in [0.25, 0.3) is 0 Å². The fourth-order valence-electron chi connectivity index (χ4n) is 2.32. The molecule has 1 amide bonds. The Hall–Kier alpha value is -0.810. The molecule has 0 spiro atoms. The van der Waals surface area contributed by atoms with Gasteiger partial charge in [0.05, 0.1) is 18.3 Å². The van der Waals surface area contributed by atoms with Gasteiger partial charge in [0.2, 0.25) is 0 Å². The Morgan fingerprint density at radius 2 is 1.90 bits per heavy atom. The van der Waals surface area contributed by atoms with Crippen LogP contribution in [0.5, 0.6) is 0 Å². The van der Waals surface area contributed by atoms with E-state index >= 15 is 0 Å². The van der Waals surface area contributed by atoms with Crippen molar-refractivity contribution >= 4 is 6.09 Å². The molecular formula is C15H29NO4. The van der Waals surface area contributed by atoms with E-state index in [2.05, 4.69) is 6.92 Å². The van der Waals surface area contributed by atoms with E-state index in [1.165, 1.54) is 0 Å². The predicted molar refractivity (Wildman–Crippen MR) is 77.7 cm³/mol. The van der Waals surface area contributed by atoms with Crippen molar-refractivity contribution in [3.63, 3.8) is 0 Å². The maximum absolute atomic E-state index is 12.0. The minimum absolute atomic E-state index is 0.213. The topological polar surface area (TPSA) is 59.0 Å². The highest BCUT2D eigenvalue weighted by molar-refractivity contribution is 5.68. The third kappa shape index (κ3) is 5.29. The molecule has 1 aliphatic rings. The Balaban J connectivity index is 2.50. The van der Waals surface area contributed by atoms with E-state index < -0.39 is 11.7 Å². The van der Waals surface area contributed by atoms with Crippen LogP contribution in [0.25, 0.3) is 0 Å². The van der Waals surface area contributed by atoms with E-state index in [1.54, 1.807) is 11.8 Å². The quantitative estimate of drug-likeness (QED) is 0.863. The Morgan fingerprint density at radius 1 is 1.35 bits per heavy atom. The van der Waals surface area contributed by atoms with Crippen LogP contribution in [0.1, 0.15) is 53.9 Å². The first-order valence-corrected chi connectivity index (χ1v) is 7.47. The van der Waals surface area contributed by atoms with Crippen LogP contribution in [-0.2, 0) is 9.47 Å². The first-order chi connectivity index (χ1) is 9.17. The molecule has 1 N–H and O–H groups in total. The van der Waals surface area contributed by atoms with E-state index in [0.717, 1.165) is 19.3 Å². The molecular weight excluding hydrogens is 258 g/mol. The number of ether oxygens (including phenoxy) is 2. The molecule has 5 heteroatoms. The predicted octanol–water partition coefficient (Wildman–Crippen LogP) is 2.56. The number of nitrogens with zero attached hydrogens (tertiary/aromatic N) is 1. The van der Waals surface area contributed by atoms with Crippen LogP contribution in [0.15, 0.2) is 0 Å². The smallest absolute Gasteiger partial charge is 0.410 e. The first kappa shape index (κ1) is 17.2. The lowest BCUT2D eigenvalue weighted by Crippen LogP contribution is -2.49. The lowest BCUT2D eigenvalue weighted by molar-refractivity contribution is -0.108. The number of hydrogen-bond donors (Lipinski definition) is 1. The second-order valence-electron chi connectivity index (χ2n) is 6.66. The largest absolute Gasteiger partial charge is 0.444 e. The molecule has 1 rings (SSSR count). The number of piperidine rings is 1. The molecule has 1 fully saturated rings. The fraction of sp³-hybridized carbons (Fsp3) is 0.933. The zero-order chi connectivity index (χ0) is 15.4. The second-order valence-corrected chi connectivity index (χ2v) is 6.66. The SMILES string of the molecule is CCC1(OCC(C)O)CCN(C(=O)OC(C)(C)C)CC1. The maximum atomic E-state index is 12.0. The zero-order valence-corrected chi connectivity index (χ0v) is 13.4. The average molecular weight is 287 g/mol. The number of carbonyl (C=O) groups excluding carboxylic acids is 1. The van der Waals surface area contributed by atoms with Crippen LogP contribution in [0, 0.1) is 0 Å². The Bertz CT molecular complexity index is 314. The third-order valence-electron chi connectivity index (χ3n) is 3.60. The van der Waals surface area contributed by atoms with Crippen molar-refractivity contribution in [3.05, 3.63) is 0 Å². The molecule has 0 saturated carbocycles. The minimum atomic E-state index is -0.459. The summed E-state index contributed by atoms with van der Waals surface area (Å²) in [6.45, 7) is 11.1. The van der Waals surface area contributed by atoms with E-state index in [4.69, 9.17) is 9.47 Å². The summed E-state index contributed by atoms with van der Waals surface area (Å²) in [6, 6.07) is 0. The number of rotatable bonds is 4.